The van der Waals surface area contributed by atoms with Crippen LogP contribution in [0.3, 0.4) is 0 Å². The first-order chi connectivity index (χ1) is 11.7. The summed E-state index contributed by atoms with van der Waals surface area (Å²) in [6.07, 6.45) is 5.35. The molecule has 1 aromatic carbocycles. The van der Waals surface area contributed by atoms with Crippen molar-refractivity contribution in [2.24, 2.45) is 0 Å². The molecule has 1 fully saturated rings. The lowest BCUT2D eigenvalue weighted by molar-refractivity contribution is 0.251. The van der Waals surface area contributed by atoms with E-state index in [1.54, 1.807) is 18.3 Å². The zero-order valence-corrected chi connectivity index (χ0v) is 14.1. The maximum Gasteiger partial charge on any atom is 0.319 e. The number of nitrogens with one attached hydrogen (secondary N) is 2. The summed E-state index contributed by atoms with van der Waals surface area (Å²) in [6.45, 7) is 2.31. The van der Waals surface area contributed by atoms with E-state index in [9.17, 15) is 4.79 Å². The number of urea groups is 1. The molecule has 2 aromatic rings. The van der Waals surface area contributed by atoms with Gasteiger partial charge in [0, 0.05) is 19.3 Å². The van der Waals surface area contributed by atoms with Crippen molar-refractivity contribution in [3.8, 4) is 0 Å². The Morgan fingerprint density at radius 1 is 1.17 bits per heavy atom. The summed E-state index contributed by atoms with van der Waals surface area (Å²) in [4.78, 5) is 23.1. The molecule has 2 heterocycles. The minimum absolute atomic E-state index is 0.318. The van der Waals surface area contributed by atoms with Gasteiger partial charge in [0.25, 0.3) is 0 Å². The first kappa shape index (κ1) is 16.5. The van der Waals surface area contributed by atoms with E-state index in [0.717, 1.165) is 24.7 Å². The number of halogens is 1. The molecule has 0 radical (unpaired) electrons. The molecule has 6 nitrogen and oxygen atoms in total. The molecule has 3 rings (SSSR count). The van der Waals surface area contributed by atoms with Crippen LogP contribution < -0.4 is 15.5 Å². The molecular formula is C17H20ClN5O. The quantitative estimate of drug-likeness (QED) is 0.890. The molecule has 1 aliphatic heterocycles. The van der Waals surface area contributed by atoms with Gasteiger partial charge in [-0.25, -0.2) is 14.8 Å². The Morgan fingerprint density at radius 3 is 2.75 bits per heavy atom. The molecule has 1 aromatic heterocycles. The number of carbonyl (C=O) groups excluding carboxylic acids is 1. The summed E-state index contributed by atoms with van der Waals surface area (Å²) in [5, 5.41) is 6.01. The summed E-state index contributed by atoms with van der Waals surface area (Å²) in [6, 6.07) is 8.60. The molecular weight excluding hydrogens is 326 g/mol. The van der Waals surface area contributed by atoms with Crippen molar-refractivity contribution >= 4 is 29.3 Å². The fourth-order valence-corrected chi connectivity index (χ4v) is 2.81. The monoisotopic (exact) mass is 345 g/mol. The van der Waals surface area contributed by atoms with E-state index in [-0.39, 0.29) is 6.03 Å². The highest BCUT2D eigenvalue weighted by atomic mass is 35.5. The van der Waals surface area contributed by atoms with Crippen LogP contribution in [0.4, 0.5) is 16.4 Å². The van der Waals surface area contributed by atoms with Gasteiger partial charge in [-0.2, -0.15) is 0 Å². The lowest BCUT2D eigenvalue weighted by Gasteiger charge is -2.26. The number of piperidine rings is 1. The number of anilines is 2. The molecule has 1 aliphatic rings. The largest absolute Gasteiger partial charge is 0.341 e. The second-order valence-electron chi connectivity index (χ2n) is 5.68. The SMILES string of the molecule is O=C(NCc1ccnc(N2CCCCC2)n1)Nc1ccccc1Cl. The van der Waals surface area contributed by atoms with E-state index in [1.165, 1.54) is 19.3 Å². The molecule has 0 unspecified atom stereocenters. The number of aromatic nitrogens is 2. The van der Waals surface area contributed by atoms with Gasteiger partial charge >= 0.3 is 6.03 Å². The van der Waals surface area contributed by atoms with Gasteiger partial charge in [-0.3, -0.25) is 0 Å². The van der Waals surface area contributed by atoms with Crippen molar-refractivity contribution in [1.29, 1.82) is 0 Å². The second kappa shape index (κ2) is 7.97. The molecule has 126 valence electrons. The molecule has 7 heteroatoms. The molecule has 2 amide bonds. The third-order valence-corrected chi connectivity index (χ3v) is 4.22. The van der Waals surface area contributed by atoms with E-state index in [2.05, 4.69) is 25.5 Å². The zero-order chi connectivity index (χ0) is 16.8. The maximum absolute atomic E-state index is 12.0. The highest BCUT2D eigenvalue weighted by Crippen LogP contribution is 2.20. The Morgan fingerprint density at radius 2 is 1.96 bits per heavy atom. The number of nitrogens with zero attached hydrogens (tertiary/aromatic N) is 3. The molecule has 0 saturated carbocycles. The van der Waals surface area contributed by atoms with Gasteiger partial charge in [0.05, 0.1) is 22.9 Å². The van der Waals surface area contributed by atoms with Crippen LogP contribution in [0.1, 0.15) is 25.0 Å². The Bertz CT molecular complexity index is 703. The van der Waals surface area contributed by atoms with E-state index in [1.807, 2.05) is 18.2 Å². The zero-order valence-electron chi connectivity index (χ0n) is 13.3. The predicted molar refractivity (Wildman–Crippen MR) is 95.4 cm³/mol. The number of hydrogen-bond donors (Lipinski definition) is 2. The van der Waals surface area contributed by atoms with Crippen LogP contribution in [0.5, 0.6) is 0 Å². The highest BCUT2D eigenvalue weighted by Gasteiger charge is 2.13. The molecule has 0 aliphatic carbocycles. The van der Waals surface area contributed by atoms with Gasteiger partial charge in [0.1, 0.15) is 0 Å². The number of hydrogen-bond acceptors (Lipinski definition) is 4. The van der Waals surface area contributed by atoms with Crippen LogP contribution in [-0.2, 0) is 6.54 Å². The Balaban J connectivity index is 1.56. The smallest absolute Gasteiger partial charge is 0.319 e. The van der Waals surface area contributed by atoms with Gasteiger partial charge in [0.2, 0.25) is 5.95 Å². The van der Waals surface area contributed by atoms with Crippen LogP contribution in [0.15, 0.2) is 36.5 Å². The van der Waals surface area contributed by atoms with Crippen molar-refractivity contribution in [3.05, 3.63) is 47.2 Å². The van der Waals surface area contributed by atoms with Crippen LogP contribution in [-0.4, -0.2) is 29.1 Å². The van der Waals surface area contributed by atoms with Gasteiger partial charge in [0.15, 0.2) is 0 Å². The normalized spacial score (nSPS) is 14.3. The minimum atomic E-state index is -0.318. The fraction of sp³-hybridized carbons (Fsp3) is 0.353. The van der Waals surface area contributed by atoms with Crippen molar-refractivity contribution in [1.82, 2.24) is 15.3 Å². The van der Waals surface area contributed by atoms with Crippen LogP contribution in [0.2, 0.25) is 5.02 Å². The lowest BCUT2D eigenvalue weighted by atomic mass is 10.1. The summed E-state index contributed by atoms with van der Waals surface area (Å²) in [5.74, 6) is 0.737. The lowest BCUT2D eigenvalue weighted by Crippen LogP contribution is -2.32. The minimum Gasteiger partial charge on any atom is -0.341 e. The number of para-hydroxylation sites is 1. The Labute approximate surface area is 146 Å². The molecule has 24 heavy (non-hydrogen) atoms. The summed E-state index contributed by atoms with van der Waals surface area (Å²) in [5.41, 5.74) is 1.35. The van der Waals surface area contributed by atoms with E-state index in [0.29, 0.717) is 17.3 Å². The fourth-order valence-electron chi connectivity index (χ4n) is 2.63. The molecule has 0 atom stereocenters. The average Bonchev–Trinajstić information content (AvgIpc) is 2.63. The first-order valence-electron chi connectivity index (χ1n) is 8.08. The topological polar surface area (TPSA) is 70.2 Å². The van der Waals surface area contributed by atoms with Gasteiger partial charge < -0.3 is 15.5 Å². The third kappa shape index (κ3) is 4.35. The maximum atomic E-state index is 12.0. The van der Waals surface area contributed by atoms with E-state index in [4.69, 9.17) is 11.6 Å². The van der Waals surface area contributed by atoms with Crippen molar-refractivity contribution < 1.29 is 4.79 Å². The molecule has 0 spiro atoms. The van der Waals surface area contributed by atoms with Gasteiger partial charge in [-0.15, -0.1) is 0 Å². The molecule has 2 N–H and O–H groups in total. The summed E-state index contributed by atoms with van der Waals surface area (Å²) >= 11 is 6.02. The number of carbonyl (C=O) groups is 1. The Kier molecular flexibility index (Phi) is 5.48. The standard InChI is InChI=1S/C17H20ClN5O/c18-14-6-2-3-7-15(14)22-17(24)20-12-13-8-9-19-16(21-13)23-10-4-1-5-11-23/h2-3,6-9H,1,4-5,10-12H2,(H2,20,22,24). The predicted octanol–water partition coefficient (Wildman–Crippen LogP) is 3.44. The summed E-state index contributed by atoms with van der Waals surface area (Å²) in [7, 11) is 0. The average molecular weight is 346 g/mol. The van der Waals surface area contributed by atoms with Crippen molar-refractivity contribution in [2.75, 3.05) is 23.3 Å². The van der Waals surface area contributed by atoms with Crippen LogP contribution in [0, 0.1) is 0 Å². The van der Waals surface area contributed by atoms with Crippen LogP contribution in [0.25, 0.3) is 0 Å². The van der Waals surface area contributed by atoms with E-state index >= 15 is 0 Å². The number of rotatable bonds is 4. The number of benzene rings is 1. The van der Waals surface area contributed by atoms with Crippen LogP contribution >= 0.6 is 11.6 Å². The summed E-state index contributed by atoms with van der Waals surface area (Å²) < 4.78 is 0. The number of amides is 2. The van der Waals surface area contributed by atoms with Gasteiger partial charge in [-0.05, 0) is 37.5 Å². The third-order valence-electron chi connectivity index (χ3n) is 3.89. The van der Waals surface area contributed by atoms with E-state index < -0.39 is 0 Å². The van der Waals surface area contributed by atoms with Crippen molar-refractivity contribution in [3.63, 3.8) is 0 Å². The molecule has 1 saturated heterocycles. The first-order valence-corrected chi connectivity index (χ1v) is 8.46. The highest BCUT2D eigenvalue weighted by molar-refractivity contribution is 6.33. The molecule has 0 bridgehead atoms. The van der Waals surface area contributed by atoms with Gasteiger partial charge in [-0.1, -0.05) is 23.7 Å². The Hall–Kier alpha value is -2.34. The second-order valence-corrected chi connectivity index (χ2v) is 6.09. The van der Waals surface area contributed by atoms with Crippen molar-refractivity contribution in [2.45, 2.75) is 25.8 Å².